The smallest absolute Gasteiger partial charge is 0.270 e. The van der Waals surface area contributed by atoms with Gasteiger partial charge in [-0.1, -0.05) is 80.1 Å². The molecule has 0 heterocycles. The third-order valence-electron chi connectivity index (χ3n) is 5.20. The molecule has 0 atom stereocenters. The topological polar surface area (TPSA) is 12.0 Å². The van der Waals surface area contributed by atoms with Gasteiger partial charge >= 0.3 is 0 Å². The Hall–Kier alpha value is -2.52. The van der Waals surface area contributed by atoms with E-state index in [0.717, 1.165) is 50.4 Å². The van der Waals surface area contributed by atoms with Crippen molar-refractivity contribution in [1.29, 1.82) is 0 Å². The predicted molar refractivity (Wildman–Crippen MR) is 119 cm³/mol. The number of alkyl halides is 2. The van der Waals surface area contributed by atoms with E-state index in [1.165, 1.54) is 22.4 Å². The van der Waals surface area contributed by atoms with Crippen molar-refractivity contribution in [3.63, 3.8) is 0 Å². The Bertz CT molecular complexity index is 964. The molecule has 1 N–H and O–H groups in total. The molecule has 3 heteroatoms. The second kappa shape index (κ2) is 9.80. The molecule has 0 saturated carbocycles. The Morgan fingerprint density at radius 1 is 1.00 bits per heavy atom. The van der Waals surface area contributed by atoms with Crippen LogP contribution < -0.4 is 5.32 Å². The Morgan fingerprint density at radius 3 is 2.55 bits per heavy atom. The van der Waals surface area contributed by atoms with Crippen LogP contribution >= 0.6 is 0 Å². The first-order valence-corrected chi connectivity index (χ1v) is 10.3. The van der Waals surface area contributed by atoms with Gasteiger partial charge in [-0.05, 0) is 52.9 Å². The molecule has 29 heavy (non-hydrogen) atoms. The molecule has 0 spiro atoms. The maximum Gasteiger partial charge on any atom is 0.270 e. The van der Waals surface area contributed by atoms with Crippen molar-refractivity contribution >= 4 is 16.3 Å². The number of hydrogen-bond donors (Lipinski definition) is 1. The molecule has 1 nitrogen and oxygen atoms in total. The zero-order valence-corrected chi connectivity index (χ0v) is 17.2. The summed E-state index contributed by atoms with van der Waals surface area (Å²) in [7, 11) is 0. The quantitative estimate of drug-likeness (QED) is 0.387. The highest BCUT2D eigenvalue weighted by atomic mass is 19.3. The SMILES string of the molecule is CCC/C(=C\CNCCc1cccc2ccccc12)c1cccc(C(C)(F)F)c1. The van der Waals surface area contributed by atoms with E-state index in [-0.39, 0.29) is 5.56 Å². The summed E-state index contributed by atoms with van der Waals surface area (Å²) in [4.78, 5) is 0. The van der Waals surface area contributed by atoms with E-state index in [0.29, 0.717) is 0 Å². The first-order chi connectivity index (χ1) is 14.0. The lowest BCUT2D eigenvalue weighted by atomic mass is 9.97. The maximum atomic E-state index is 13.7. The molecule has 0 radical (unpaired) electrons. The van der Waals surface area contributed by atoms with Crippen molar-refractivity contribution in [2.24, 2.45) is 0 Å². The van der Waals surface area contributed by atoms with Crippen LogP contribution in [0.3, 0.4) is 0 Å². The number of allylic oxidation sites excluding steroid dienone is 1. The number of fused-ring (bicyclic) bond motifs is 1. The molecule has 0 saturated heterocycles. The van der Waals surface area contributed by atoms with E-state index in [1.807, 2.05) is 6.07 Å². The van der Waals surface area contributed by atoms with Gasteiger partial charge in [0, 0.05) is 19.0 Å². The van der Waals surface area contributed by atoms with Gasteiger partial charge < -0.3 is 5.32 Å². The van der Waals surface area contributed by atoms with Crippen molar-refractivity contribution in [3.8, 4) is 0 Å². The largest absolute Gasteiger partial charge is 0.313 e. The van der Waals surface area contributed by atoms with E-state index in [2.05, 4.69) is 60.8 Å². The van der Waals surface area contributed by atoms with Gasteiger partial charge in [0.1, 0.15) is 0 Å². The number of hydrogen-bond acceptors (Lipinski definition) is 1. The van der Waals surface area contributed by atoms with E-state index < -0.39 is 5.92 Å². The summed E-state index contributed by atoms with van der Waals surface area (Å²) >= 11 is 0. The Balaban J connectivity index is 1.63. The molecule has 0 aromatic heterocycles. The summed E-state index contributed by atoms with van der Waals surface area (Å²) in [6.45, 7) is 4.66. The molecule has 0 fully saturated rings. The van der Waals surface area contributed by atoms with Gasteiger partial charge in [-0.15, -0.1) is 0 Å². The van der Waals surface area contributed by atoms with Crippen molar-refractivity contribution < 1.29 is 8.78 Å². The predicted octanol–water partition coefficient (Wildman–Crippen LogP) is 6.97. The first kappa shape index (κ1) is 21.2. The van der Waals surface area contributed by atoms with E-state index in [1.54, 1.807) is 12.1 Å². The van der Waals surface area contributed by atoms with Crippen molar-refractivity contribution in [2.75, 3.05) is 13.1 Å². The average Bonchev–Trinajstić information content (AvgIpc) is 2.72. The highest BCUT2D eigenvalue weighted by Crippen LogP contribution is 2.30. The molecule has 3 aromatic carbocycles. The maximum absolute atomic E-state index is 13.7. The van der Waals surface area contributed by atoms with Crippen LogP contribution in [0.2, 0.25) is 0 Å². The minimum Gasteiger partial charge on any atom is -0.313 e. The van der Waals surface area contributed by atoms with E-state index in [4.69, 9.17) is 0 Å². The summed E-state index contributed by atoms with van der Waals surface area (Å²) in [5, 5.41) is 6.05. The van der Waals surface area contributed by atoms with Crippen LogP contribution in [-0.2, 0) is 12.3 Å². The van der Waals surface area contributed by atoms with Gasteiger partial charge in [0.2, 0.25) is 0 Å². The van der Waals surface area contributed by atoms with Gasteiger partial charge in [0.15, 0.2) is 0 Å². The van der Waals surface area contributed by atoms with E-state index in [9.17, 15) is 8.78 Å². The molecule has 0 aliphatic rings. The summed E-state index contributed by atoms with van der Waals surface area (Å²) in [6.07, 6.45) is 4.95. The van der Waals surface area contributed by atoms with Crippen LogP contribution in [0.15, 0.2) is 72.8 Å². The molecule has 0 amide bonds. The molecule has 0 aliphatic carbocycles. The lowest BCUT2D eigenvalue weighted by molar-refractivity contribution is 0.0174. The summed E-state index contributed by atoms with van der Waals surface area (Å²) < 4.78 is 27.4. The van der Waals surface area contributed by atoms with Crippen LogP contribution in [0.4, 0.5) is 8.78 Å². The number of nitrogens with one attached hydrogen (secondary N) is 1. The molecule has 0 unspecified atom stereocenters. The monoisotopic (exact) mass is 393 g/mol. The van der Waals surface area contributed by atoms with Gasteiger partial charge in [-0.25, -0.2) is 8.78 Å². The number of halogens is 2. The van der Waals surface area contributed by atoms with Gasteiger partial charge in [0.05, 0.1) is 0 Å². The molecular weight excluding hydrogens is 364 g/mol. The molecular formula is C26H29F2N. The molecule has 152 valence electrons. The van der Waals surface area contributed by atoms with Gasteiger partial charge in [-0.3, -0.25) is 0 Å². The highest BCUT2D eigenvalue weighted by Gasteiger charge is 2.24. The minimum atomic E-state index is -2.82. The standard InChI is InChI=1S/C26H29F2N/c1-3-8-20(23-12-7-13-24(19-23)26(2,27)28)15-17-29-18-16-22-11-6-10-21-9-4-5-14-25(21)22/h4-7,9-15,19,29H,3,8,16-18H2,1-2H3/b20-15+. The molecule has 0 bridgehead atoms. The summed E-state index contributed by atoms with van der Waals surface area (Å²) in [5.41, 5.74) is 3.42. The van der Waals surface area contributed by atoms with Gasteiger partial charge in [0.25, 0.3) is 5.92 Å². The Labute approximate surface area is 172 Å². The fourth-order valence-electron chi connectivity index (χ4n) is 3.66. The summed E-state index contributed by atoms with van der Waals surface area (Å²) in [5.74, 6) is -2.82. The molecule has 3 rings (SSSR count). The third kappa shape index (κ3) is 5.74. The fraction of sp³-hybridized carbons (Fsp3) is 0.308. The van der Waals surface area contributed by atoms with Crippen LogP contribution in [-0.4, -0.2) is 13.1 Å². The number of rotatable bonds is 9. The fourth-order valence-corrected chi connectivity index (χ4v) is 3.66. The van der Waals surface area contributed by atoms with Crippen LogP contribution in [0.25, 0.3) is 16.3 Å². The van der Waals surface area contributed by atoms with Crippen molar-refractivity contribution in [3.05, 3.63) is 89.5 Å². The molecule has 0 aliphatic heterocycles. The second-order valence-electron chi connectivity index (χ2n) is 7.54. The average molecular weight is 394 g/mol. The Kier molecular flexibility index (Phi) is 7.16. The van der Waals surface area contributed by atoms with Crippen LogP contribution in [0, 0.1) is 0 Å². The zero-order valence-electron chi connectivity index (χ0n) is 17.2. The lowest BCUT2D eigenvalue weighted by Crippen LogP contribution is -2.17. The zero-order chi connectivity index (χ0) is 20.7. The first-order valence-electron chi connectivity index (χ1n) is 10.3. The lowest BCUT2D eigenvalue weighted by Gasteiger charge is -2.14. The van der Waals surface area contributed by atoms with E-state index >= 15 is 0 Å². The van der Waals surface area contributed by atoms with Crippen LogP contribution in [0.1, 0.15) is 43.4 Å². The third-order valence-corrected chi connectivity index (χ3v) is 5.20. The highest BCUT2D eigenvalue weighted by molar-refractivity contribution is 5.85. The molecule has 3 aromatic rings. The van der Waals surface area contributed by atoms with Crippen LogP contribution in [0.5, 0.6) is 0 Å². The van der Waals surface area contributed by atoms with Crippen molar-refractivity contribution in [2.45, 2.75) is 39.0 Å². The van der Waals surface area contributed by atoms with Gasteiger partial charge in [-0.2, -0.15) is 0 Å². The second-order valence-corrected chi connectivity index (χ2v) is 7.54. The normalized spacial score (nSPS) is 12.5. The number of benzene rings is 3. The Morgan fingerprint density at radius 2 is 1.76 bits per heavy atom. The van der Waals surface area contributed by atoms with Crippen molar-refractivity contribution in [1.82, 2.24) is 5.32 Å². The minimum absolute atomic E-state index is 0.0703. The summed E-state index contributed by atoms with van der Waals surface area (Å²) in [6, 6.07) is 21.6.